The molecular weight excluding hydrogens is 533 g/mol. The molecule has 0 saturated carbocycles. The van der Waals surface area contributed by atoms with Gasteiger partial charge in [0.25, 0.3) is 5.56 Å². The van der Waals surface area contributed by atoms with E-state index < -0.39 is 52.7 Å². The number of thioether (sulfide) groups is 1. The molecule has 4 rings (SSSR count). The highest BCUT2D eigenvalue weighted by Gasteiger charge is 2.37. The number of nitriles is 1. The van der Waals surface area contributed by atoms with E-state index in [1.165, 1.54) is 24.4 Å². The van der Waals surface area contributed by atoms with Crippen molar-refractivity contribution < 1.29 is 36.3 Å². The van der Waals surface area contributed by atoms with Gasteiger partial charge < -0.3 is 9.52 Å². The molecule has 0 aliphatic heterocycles. The molecule has 0 radical (unpaired) electrons. The summed E-state index contributed by atoms with van der Waals surface area (Å²) >= 11 is 1.10. The molecule has 194 valence electrons. The van der Waals surface area contributed by atoms with E-state index in [9.17, 15) is 41.9 Å². The maximum Gasteiger partial charge on any atom is 0.417 e. The first-order valence-electron chi connectivity index (χ1n) is 10.5. The minimum absolute atomic E-state index is 0.112. The summed E-state index contributed by atoms with van der Waals surface area (Å²) in [7, 11) is 0. The van der Waals surface area contributed by atoms with Crippen LogP contribution >= 0.6 is 11.8 Å². The van der Waals surface area contributed by atoms with Gasteiger partial charge in [-0.1, -0.05) is 6.07 Å². The number of aromatic nitrogens is 2. The normalized spacial score (nSPS) is 11.4. The zero-order valence-corrected chi connectivity index (χ0v) is 20.0. The second kappa shape index (κ2) is 10.1. The van der Waals surface area contributed by atoms with Crippen LogP contribution in [0.1, 0.15) is 27.0 Å². The lowest BCUT2D eigenvalue weighted by atomic mass is 10.1. The van der Waals surface area contributed by atoms with Gasteiger partial charge in [-0.3, -0.25) is 9.36 Å². The Labute approximate surface area is 214 Å². The number of pyridine rings is 2. The number of benzene rings is 1. The Morgan fingerprint density at radius 2 is 1.92 bits per heavy atom. The number of aromatic carboxylic acids is 1. The van der Waals surface area contributed by atoms with Gasteiger partial charge >= 0.3 is 12.1 Å². The minimum atomic E-state index is -5.08. The monoisotopic (exact) mass is 547 g/mol. The third-order valence-corrected chi connectivity index (χ3v) is 6.23. The van der Waals surface area contributed by atoms with E-state index in [4.69, 9.17) is 4.42 Å². The zero-order valence-electron chi connectivity index (χ0n) is 19.1. The molecule has 0 aliphatic carbocycles. The van der Waals surface area contributed by atoms with Gasteiger partial charge in [-0.15, -0.1) is 11.8 Å². The van der Waals surface area contributed by atoms with E-state index in [1.54, 1.807) is 6.26 Å². The molecular formula is C25H14F5N3O4S. The van der Waals surface area contributed by atoms with E-state index >= 15 is 0 Å². The van der Waals surface area contributed by atoms with Crippen LogP contribution in [0, 0.1) is 23.0 Å². The first kappa shape index (κ1) is 26.6. The molecule has 0 aliphatic rings. The van der Waals surface area contributed by atoms with Crippen LogP contribution in [0.2, 0.25) is 0 Å². The molecule has 7 nitrogen and oxygen atoms in total. The van der Waals surface area contributed by atoms with Gasteiger partial charge in [-0.25, -0.2) is 18.6 Å². The molecule has 1 N–H and O–H groups in total. The summed E-state index contributed by atoms with van der Waals surface area (Å²) in [5, 5.41) is 19.0. The fourth-order valence-corrected chi connectivity index (χ4v) is 4.23. The number of alkyl halides is 3. The predicted octanol–water partition coefficient (Wildman–Crippen LogP) is 5.81. The van der Waals surface area contributed by atoms with Crippen molar-refractivity contribution in [2.45, 2.75) is 17.7 Å². The number of carbonyl (C=O) groups is 1. The first-order valence-corrected chi connectivity index (χ1v) is 11.7. The average molecular weight is 547 g/mol. The van der Waals surface area contributed by atoms with Crippen molar-refractivity contribution in [3.05, 3.63) is 93.1 Å². The minimum Gasteiger partial charge on any atom is -0.478 e. The first-order chi connectivity index (χ1) is 17.9. The lowest BCUT2D eigenvalue weighted by Gasteiger charge is -2.16. The molecule has 3 aromatic heterocycles. The lowest BCUT2D eigenvalue weighted by molar-refractivity contribution is -0.137. The molecule has 1 aromatic carbocycles. The van der Waals surface area contributed by atoms with Crippen LogP contribution in [0.15, 0.2) is 63.1 Å². The summed E-state index contributed by atoms with van der Waals surface area (Å²) in [5.41, 5.74) is -4.38. The van der Waals surface area contributed by atoms with Crippen molar-refractivity contribution in [3.63, 3.8) is 0 Å². The van der Waals surface area contributed by atoms with Crippen molar-refractivity contribution in [3.8, 4) is 28.7 Å². The molecule has 13 heteroatoms. The number of carboxylic acids is 1. The van der Waals surface area contributed by atoms with Gasteiger partial charge in [-0.2, -0.15) is 18.4 Å². The molecule has 0 amide bonds. The SMILES string of the molecule is CSc1ncc(-c2coc(-c3cc(C(F)(F)F)c(C#N)c(=O)n3Cc3ccc(F)cc3F)c2)cc1C(=O)O. The van der Waals surface area contributed by atoms with Crippen LogP contribution < -0.4 is 5.56 Å². The van der Waals surface area contributed by atoms with E-state index in [0.717, 1.165) is 30.2 Å². The summed E-state index contributed by atoms with van der Waals surface area (Å²) in [4.78, 5) is 28.7. The molecule has 0 unspecified atom stereocenters. The number of rotatable bonds is 6. The third kappa shape index (κ3) is 5.03. The van der Waals surface area contributed by atoms with Gasteiger partial charge in [0.05, 0.1) is 29.6 Å². The summed E-state index contributed by atoms with van der Waals surface area (Å²) in [6.45, 7) is -0.643. The highest BCUT2D eigenvalue weighted by atomic mass is 32.2. The fourth-order valence-electron chi connectivity index (χ4n) is 3.71. The second-order valence-electron chi connectivity index (χ2n) is 7.84. The van der Waals surface area contributed by atoms with Crippen LogP contribution in [0.5, 0.6) is 0 Å². The molecule has 4 aromatic rings. The quantitative estimate of drug-likeness (QED) is 0.240. The molecule has 0 fully saturated rings. The Morgan fingerprint density at radius 1 is 1.18 bits per heavy atom. The predicted molar refractivity (Wildman–Crippen MR) is 126 cm³/mol. The number of halogens is 5. The van der Waals surface area contributed by atoms with Crippen molar-refractivity contribution in [1.82, 2.24) is 9.55 Å². The lowest BCUT2D eigenvalue weighted by Crippen LogP contribution is -2.29. The summed E-state index contributed by atoms with van der Waals surface area (Å²) in [6.07, 6.45) is -0.984. The molecule has 0 spiro atoms. The molecule has 0 atom stereocenters. The van der Waals surface area contributed by atoms with Gasteiger partial charge in [0.15, 0.2) is 5.76 Å². The standard InChI is InChI=1S/C25H14F5N3O4S/c1-38-22-16(24(35)36)4-13(9-32-22)14-5-21(37-11-14)20-7-18(25(28,29)30)17(8-31)23(34)33(20)10-12-2-3-15(26)6-19(12)27/h2-7,9,11H,10H2,1H3,(H,35,36). The number of hydrogen-bond acceptors (Lipinski definition) is 6. The van der Waals surface area contributed by atoms with E-state index in [0.29, 0.717) is 16.7 Å². The van der Waals surface area contributed by atoms with E-state index in [-0.39, 0.29) is 33.0 Å². The Balaban J connectivity index is 1.92. The van der Waals surface area contributed by atoms with E-state index in [2.05, 4.69) is 4.98 Å². The number of nitrogens with zero attached hydrogens (tertiary/aromatic N) is 3. The highest BCUT2D eigenvalue weighted by Crippen LogP contribution is 2.36. The molecule has 38 heavy (non-hydrogen) atoms. The number of carboxylic acid groups (broad SMARTS) is 1. The Hall–Kier alpha value is -4.44. The average Bonchev–Trinajstić information content (AvgIpc) is 3.35. The van der Waals surface area contributed by atoms with Crippen molar-refractivity contribution in [2.75, 3.05) is 6.26 Å². The van der Waals surface area contributed by atoms with Gasteiger partial charge in [0.2, 0.25) is 0 Å². The van der Waals surface area contributed by atoms with Gasteiger partial charge in [0, 0.05) is 29.0 Å². The molecule has 3 heterocycles. The van der Waals surface area contributed by atoms with Gasteiger partial charge in [0.1, 0.15) is 28.3 Å². The number of hydrogen-bond donors (Lipinski definition) is 1. The summed E-state index contributed by atoms with van der Waals surface area (Å²) in [6, 6.07) is 6.81. The van der Waals surface area contributed by atoms with Crippen molar-refractivity contribution in [1.29, 1.82) is 5.26 Å². The largest absolute Gasteiger partial charge is 0.478 e. The van der Waals surface area contributed by atoms with E-state index in [1.807, 2.05) is 0 Å². The smallest absolute Gasteiger partial charge is 0.417 e. The molecule has 0 saturated heterocycles. The Kier molecular flexibility index (Phi) is 7.10. The van der Waals surface area contributed by atoms with Crippen LogP contribution in [0.25, 0.3) is 22.6 Å². The Morgan fingerprint density at radius 3 is 2.53 bits per heavy atom. The van der Waals surface area contributed by atoms with Crippen molar-refractivity contribution >= 4 is 17.7 Å². The number of furan rings is 1. The topological polar surface area (TPSA) is 109 Å². The maximum absolute atomic E-state index is 14.4. The van der Waals surface area contributed by atoms with Crippen LogP contribution in [-0.4, -0.2) is 26.9 Å². The third-order valence-electron chi connectivity index (χ3n) is 5.52. The van der Waals surface area contributed by atoms with Crippen LogP contribution in [0.3, 0.4) is 0 Å². The van der Waals surface area contributed by atoms with Crippen LogP contribution in [-0.2, 0) is 12.7 Å². The maximum atomic E-state index is 14.4. The highest BCUT2D eigenvalue weighted by molar-refractivity contribution is 7.98. The fraction of sp³-hybridized carbons (Fsp3) is 0.120. The van der Waals surface area contributed by atoms with Crippen LogP contribution in [0.4, 0.5) is 22.0 Å². The summed E-state index contributed by atoms with van der Waals surface area (Å²) < 4.78 is 75.1. The zero-order chi connectivity index (χ0) is 27.8. The van der Waals surface area contributed by atoms with Gasteiger partial charge in [-0.05, 0) is 30.5 Å². The molecule has 0 bridgehead atoms. The second-order valence-corrected chi connectivity index (χ2v) is 8.64. The van der Waals surface area contributed by atoms with Crippen molar-refractivity contribution in [2.24, 2.45) is 0 Å². The Bertz CT molecular complexity index is 1670. The summed E-state index contributed by atoms with van der Waals surface area (Å²) in [5.74, 6) is -3.46.